The highest BCUT2D eigenvalue weighted by Gasteiger charge is 2.31. The van der Waals surface area contributed by atoms with E-state index in [1.165, 1.54) is 11.8 Å². The number of unbranched alkanes of at least 4 members (excludes halogenated alkanes) is 1. The highest BCUT2D eigenvalue weighted by molar-refractivity contribution is 7.98. The fourth-order valence-electron chi connectivity index (χ4n) is 2.81. The van der Waals surface area contributed by atoms with Gasteiger partial charge in [-0.25, -0.2) is 4.79 Å². The van der Waals surface area contributed by atoms with Crippen LogP contribution < -0.4 is 32.7 Å². The Kier molecular flexibility index (Phi) is 17.4. The summed E-state index contributed by atoms with van der Waals surface area (Å²) < 4.78 is 0. The number of aliphatic hydroxyl groups is 3. The van der Waals surface area contributed by atoms with Crippen LogP contribution in [0.2, 0.25) is 0 Å². The van der Waals surface area contributed by atoms with Crippen molar-refractivity contribution in [2.45, 2.75) is 55.9 Å². The van der Waals surface area contributed by atoms with E-state index in [0.29, 0.717) is 31.6 Å². The van der Waals surface area contributed by atoms with Crippen molar-refractivity contribution in [3.05, 3.63) is 0 Å². The normalized spacial score (nSPS) is 15.1. The van der Waals surface area contributed by atoms with Gasteiger partial charge in [-0.3, -0.25) is 19.2 Å². The number of carbonyl (C=O) groups excluding carboxylic acids is 4. The standard InChI is InChI=1S/C20H38N6O9S/c1-36-7-5-12(23-16(30)11(22)4-2-3-6-21)17(31)24-13(8-27)18(32)25-14(9-28)19(33)26-15(10-29)20(34)35/h11-15,27-29H,2-10,21-22H2,1H3,(H,23,30)(H,24,31)(H,25,32)(H,26,33)(H,34,35)/t11-,12-,13-,14-,15-/m0/s1. The number of hydrogen-bond donors (Lipinski definition) is 10. The van der Waals surface area contributed by atoms with Crippen molar-refractivity contribution in [3.8, 4) is 0 Å². The summed E-state index contributed by atoms with van der Waals surface area (Å²) in [6.07, 6.45) is 3.68. The van der Waals surface area contributed by atoms with Crippen LogP contribution in [-0.4, -0.2) is 119 Å². The van der Waals surface area contributed by atoms with Crippen LogP contribution in [0.25, 0.3) is 0 Å². The summed E-state index contributed by atoms with van der Waals surface area (Å²) in [5, 5.41) is 45.8. The summed E-state index contributed by atoms with van der Waals surface area (Å²) in [5.41, 5.74) is 11.3. The van der Waals surface area contributed by atoms with Gasteiger partial charge in [0.1, 0.15) is 24.2 Å². The molecular formula is C20H38N6O9S. The van der Waals surface area contributed by atoms with Crippen molar-refractivity contribution in [2.24, 2.45) is 11.5 Å². The minimum Gasteiger partial charge on any atom is -0.480 e. The number of aliphatic hydroxyl groups excluding tert-OH is 3. The van der Waals surface area contributed by atoms with Gasteiger partial charge in [0.2, 0.25) is 23.6 Å². The molecule has 0 aliphatic heterocycles. The monoisotopic (exact) mass is 538 g/mol. The predicted molar refractivity (Wildman–Crippen MR) is 130 cm³/mol. The quantitative estimate of drug-likeness (QED) is 0.0694. The molecule has 0 bridgehead atoms. The Morgan fingerprint density at radius 3 is 1.58 bits per heavy atom. The summed E-state index contributed by atoms with van der Waals surface area (Å²) in [4.78, 5) is 60.8. The summed E-state index contributed by atoms with van der Waals surface area (Å²) >= 11 is 1.42. The molecule has 0 saturated heterocycles. The highest BCUT2D eigenvalue weighted by atomic mass is 32.2. The number of nitrogens with one attached hydrogen (secondary N) is 4. The second-order valence-corrected chi connectivity index (χ2v) is 8.79. The first kappa shape index (κ1) is 33.5. The maximum atomic E-state index is 12.8. The lowest BCUT2D eigenvalue weighted by atomic mass is 10.1. The summed E-state index contributed by atoms with van der Waals surface area (Å²) in [6, 6.07) is -6.78. The zero-order chi connectivity index (χ0) is 27.7. The Morgan fingerprint density at radius 2 is 1.17 bits per heavy atom. The zero-order valence-corrected chi connectivity index (χ0v) is 21.0. The van der Waals surface area contributed by atoms with E-state index in [-0.39, 0.29) is 6.42 Å². The van der Waals surface area contributed by atoms with Crippen LogP contribution in [0.15, 0.2) is 0 Å². The first-order valence-electron chi connectivity index (χ1n) is 11.3. The smallest absolute Gasteiger partial charge is 0.328 e. The Bertz CT molecular complexity index is 730. The predicted octanol–water partition coefficient (Wildman–Crippen LogP) is -4.80. The van der Waals surface area contributed by atoms with Crippen LogP contribution >= 0.6 is 11.8 Å². The van der Waals surface area contributed by atoms with Gasteiger partial charge in [0.25, 0.3) is 0 Å². The fourth-order valence-corrected chi connectivity index (χ4v) is 3.28. The third-order valence-electron chi connectivity index (χ3n) is 4.98. The number of hydrogen-bond acceptors (Lipinski definition) is 11. The number of nitrogens with two attached hydrogens (primary N) is 2. The minimum atomic E-state index is -1.67. The average molecular weight is 539 g/mol. The maximum absolute atomic E-state index is 12.8. The molecule has 4 amide bonds. The van der Waals surface area contributed by atoms with E-state index in [1.54, 1.807) is 6.26 Å². The molecule has 0 aromatic carbocycles. The van der Waals surface area contributed by atoms with Crippen LogP contribution in [0.4, 0.5) is 0 Å². The maximum Gasteiger partial charge on any atom is 0.328 e. The van der Waals surface area contributed by atoms with Gasteiger partial charge in [-0.1, -0.05) is 6.42 Å². The summed E-state index contributed by atoms with van der Waals surface area (Å²) in [7, 11) is 0. The molecule has 16 heteroatoms. The second-order valence-electron chi connectivity index (χ2n) is 7.80. The van der Waals surface area contributed by atoms with Crippen LogP contribution in [0.5, 0.6) is 0 Å². The van der Waals surface area contributed by atoms with E-state index in [4.69, 9.17) is 21.7 Å². The van der Waals surface area contributed by atoms with E-state index in [9.17, 15) is 34.2 Å². The fraction of sp³-hybridized carbons (Fsp3) is 0.750. The number of carboxylic acid groups (broad SMARTS) is 1. The minimum absolute atomic E-state index is 0.202. The number of rotatable bonds is 19. The van der Waals surface area contributed by atoms with Crippen molar-refractivity contribution < 1.29 is 44.4 Å². The van der Waals surface area contributed by atoms with Crippen LogP contribution in [0.1, 0.15) is 25.7 Å². The lowest BCUT2D eigenvalue weighted by Crippen LogP contribution is -2.60. The van der Waals surface area contributed by atoms with Crippen molar-refractivity contribution in [1.82, 2.24) is 21.3 Å². The molecule has 0 aromatic heterocycles. The molecule has 0 aromatic rings. The van der Waals surface area contributed by atoms with E-state index in [0.717, 1.165) is 0 Å². The Hall–Kier alpha value is -2.50. The van der Waals surface area contributed by atoms with Crippen LogP contribution in [0, 0.1) is 0 Å². The molecule has 0 spiro atoms. The molecule has 5 atom stereocenters. The molecule has 0 fully saturated rings. The summed E-state index contributed by atoms with van der Waals surface area (Å²) in [6.45, 7) is -2.29. The molecule has 12 N–H and O–H groups in total. The topological polar surface area (TPSA) is 266 Å². The van der Waals surface area contributed by atoms with Crippen LogP contribution in [0.3, 0.4) is 0 Å². The van der Waals surface area contributed by atoms with Crippen molar-refractivity contribution >= 4 is 41.4 Å². The van der Waals surface area contributed by atoms with Crippen molar-refractivity contribution in [3.63, 3.8) is 0 Å². The van der Waals surface area contributed by atoms with Crippen LogP contribution in [-0.2, 0) is 24.0 Å². The van der Waals surface area contributed by atoms with Gasteiger partial charge in [-0.15, -0.1) is 0 Å². The van der Waals surface area contributed by atoms with Gasteiger partial charge in [0.05, 0.1) is 25.9 Å². The molecule has 0 heterocycles. The third kappa shape index (κ3) is 12.5. The van der Waals surface area contributed by atoms with E-state index < -0.39 is 79.6 Å². The number of carboxylic acids is 1. The molecule has 0 unspecified atom stereocenters. The molecule has 0 aliphatic rings. The molecule has 0 rings (SSSR count). The second kappa shape index (κ2) is 18.7. The third-order valence-corrected chi connectivity index (χ3v) is 5.62. The van der Waals surface area contributed by atoms with Gasteiger partial charge in [-0.05, 0) is 37.8 Å². The average Bonchev–Trinajstić information content (AvgIpc) is 2.85. The van der Waals surface area contributed by atoms with Crippen molar-refractivity contribution in [2.75, 3.05) is 38.4 Å². The largest absolute Gasteiger partial charge is 0.480 e. The van der Waals surface area contributed by atoms with E-state index in [2.05, 4.69) is 16.0 Å². The number of thioether (sulfide) groups is 1. The Morgan fingerprint density at radius 1 is 0.722 bits per heavy atom. The molecule has 0 aliphatic carbocycles. The van der Waals surface area contributed by atoms with E-state index >= 15 is 0 Å². The number of aliphatic carboxylic acids is 1. The molecule has 208 valence electrons. The Balaban J connectivity index is 5.22. The SMILES string of the molecule is CSCC[C@H](NC(=O)[C@@H](N)CCCCN)C(=O)N[C@@H](CO)C(=O)N[C@@H](CO)C(=O)N[C@@H](CO)C(=O)O. The van der Waals surface area contributed by atoms with Gasteiger partial charge in [-0.2, -0.15) is 11.8 Å². The van der Waals surface area contributed by atoms with Gasteiger partial charge in [0.15, 0.2) is 0 Å². The lowest BCUT2D eigenvalue weighted by Gasteiger charge is -2.25. The zero-order valence-electron chi connectivity index (χ0n) is 20.1. The first-order valence-corrected chi connectivity index (χ1v) is 12.7. The molecule has 0 radical (unpaired) electrons. The number of carbonyl (C=O) groups is 5. The molecule has 0 saturated carbocycles. The molecule has 15 nitrogen and oxygen atoms in total. The lowest BCUT2D eigenvalue weighted by molar-refractivity contribution is -0.143. The summed E-state index contributed by atoms with van der Waals surface area (Å²) in [5.74, 6) is -4.55. The molecule has 36 heavy (non-hydrogen) atoms. The highest BCUT2D eigenvalue weighted by Crippen LogP contribution is 2.04. The first-order chi connectivity index (χ1) is 17.1. The number of amides is 4. The van der Waals surface area contributed by atoms with Gasteiger partial charge < -0.3 is 53.2 Å². The molecular weight excluding hydrogens is 500 g/mol. The van der Waals surface area contributed by atoms with E-state index in [1.807, 2.05) is 5.32 Å². The van der Waals surface area contributed by atoms with Crippen molar-refractivity contribution in [1.29, 1.82) is 0 Å². The Labute approximate surface area is 213 Å². The van der Waals surface area contributed by atoms with Gasteiger partial charge in [0, 0.05) is 0 Å². The van der Waals surface area contributed by atoms with Gasteiger partial charge >= 0.3 is 5.97 Å².